The van der Waals surface area contributed by atoms with Crippen LogP contribution >= 0.6 is 11.6 Å². The van der Waals surface area contributed by atoms with Crippen molar-refractivity contribution in [3.05, 3.63) is 0 Å². The summed E-state index contributed by atoms with van der Waals surface area (Å²) < 4.78 is 5.32. The van der Waals surface area contributed by atoms with Crippen LogP contribution in [0.5, 0.6) is 0 Å². The van der Waals surface area contributed by atoms with Gasteiger partial charge in [0.1, 0.15) is 0 Å². The molecule has 0 radical (unpaired) electrons. The van der Waals surface area contributed by atoms with Crippen molar-refractivity contribution in [2.24, 2.45) is 0 Å². The summed E-state index contributed by atoms with van der Waals surface area (Å²) in [6.07, 6.45) is 6.10. The lowest BCUT2D eigenvalue weighted by molar-refractivity contribution is -0.164. The molecule has 1 atom stereocenters. The molecular formula is C12H23ClO3. The quantitative estimate of drug-likeness (QED) is 0.477. The van der Waals surface area contributed by atoms with Gasteiger partial charge in [-0.1, -0.05) is 32.6 Å². The Hall–Kier alpha value is -0.280. The molecule has 0 heterocycles. The molecule has 1 N–H and O–H groups in total. The highest BCUT2D eigenvalue weighted by Crippen LogP contribution is 2.20. The van der Waals surface area contributed by atoms with Gasteiger partial charge in [-0.05, 0) is 19.8 Å². The highest BCUT2D eigenvalue weighted by atomic mass is 35.5. The van der Waals surface area contributed by atoms with Crippen LogP contribution in [0.3, 0.4) is 0 Å². The van der Waals surface area contributed by atoms with Gasteiger partial charge in [-0.25, -0.2) is 4.79 Å². The van der Waals surface area contributed by atoms with Gasteiger partial charge in [0.15, 0.2) is 5.60 Å². The number of hydrogen-bond acceptors (Lipinski definition) is 2. The fraction of sp³-hybridized carbons (Fsp3) is 0.917. The third-order valence-corrected chi connectivity index (χ3v) is 2.86. The molecule has 0 aliphatic heterocycles. The number of hydrogen-bond donors (Lipinski definition) is 1. The van der Waals surface area contributed by atoms with Crippen LogP contribution in [0.25, 0.3) is 0 Å². The lowest BCUT2D eigenvalue weighted by Gasteiger charge is -2.24. The van der Waals surface area contributed by atoms with E-state index < -0.39 is 11.6 Å². The van der Waals surface area contributed by atoms with Crippen LogP contribution in [0.2, 0.25) is 0 Å². The number of carbonyl (C=O) groups is 1. The van der Waals surface area contributed by atoms with E-state index in [9.17, 15) is 4.79 Å². The van der Waals surface area contributed by atoms with Gasteiger partial charge in [0, 0.05) is 5.88 Å². The summed E-state index contributed by atoms with van der Waals surface area (Å²) in [6.45, 7) is 4.08. The number of unbranched alkanes of at least 4 members (excludes halogenated alkanes) is 4. The van der Waals surface area contributed by atoms with Crippen LogP contribution in [0.4, 0.5) is 0 Å². The minimum Gasteiger partial charge on any atom is -0.479 e. The summed E-state index contributed by atoms with van der Waals surface area (Å²) in [5.74, 6) is -0.563. The van der Waals surface area contributed by atoms with Gasteiger partial charge in [-0.3, -0.25) is 0 Å². The number of carboxylic acids is 1. The van der Waals surface area contributed by atoms with Crippen LogP contribution in [0.15, 0.2) is 0 Å². The molecule has 1 unspecified atom stereocenters. The van der Waals surface area contributed by atoms with Crippen molar-refractivity contribution in [3.8, 4) is 0 Å². The molecule has 0 aromatic heterocycles. The Bertz CT molecular complexity index is 197. The first-order valence-corrected chi connectivity index (χ1v) is 6.53. The number of alkyl halides is 1. The van der Waals surface area contributed by atoms with Crippen molar-refractivity contribution in [3.63, 3.8) is 0 Å². The minimum absolute atomic E-state index is 0.291. The predicted octanol–water partition coefficient (Wildman–Crippen LogP) is 3.45. The van der Waals surface area contributed by atoms with Gasteiger partial charge < -0.3 is 9.84 Å². The Kier molecular flexibility index (Phi) is 8.67. The molecule has 4 heteroatoms. The van der Waals surface area contributed by atoms with Crippen molar-refractivity contribution < 1.29 is 14.6 Å². The summed E-state index contributed by atoms with van der Waals surface area (Å²) in [5.41, 5.74) is -1.07. The summed E-state index contributed by atoms with van der Waals surface area (Å²) in [6, 6.07) is 0. The van der Waals surface area contributed by atoms with Gasteiger partial charge in [0.2, 0.25) is 0 Å². The third-order valence-electron chi connectivity index (χ3n) is 2.71. The van der Waals surface area contributed by atoms with Crippen LogP contribution in [-0.2, 0) is 9.53 Å². The molecule has 0 amide bonds. The SMILES string of the molecule is CCCCCCCC(C)(OCCCl)C(=O)O. The van der Waals surface area contributed by atoms with Gasteiger partial charge in [-0.15, -0.1) is 11.6 Å². The molecule has 0 spiro atoms. The highest BCUT2D eigenvalue weighted by molar-refractivity contribution is 6.17. The molecule has 0 saturated carbocycles. The van der Waals surface area contributed by atoms with Crippen molar-refractivity contribution in [1.82, 2.24) is 0 Å². The second kappa shape index (κ2) is 8.82. The summed E-state index contributed by atoms with van der Waals surface area (Å²) in [4.78, 5) is 11.1. The average molecular weight is 251 g/mol. The van der Waals surface area contributed by atoms with E-state index in [1.807, 2.05) is 0 Å². The van der Waals surface area contributed by atoms with Crippen LogP contribution in [-0.4, -0.2) is 29.2 Å². The van der Waals surface area contributed by atoms with Gasteiger partial charge in [0.25, 0.3) is 0 Å². The van der Waals surface area contributed by atoms with Crippen molar-refractivity contribution in [2.45, 2.75) is 58.0 Å². The molecule has 0 bridgehead atoms. The summed E-state index contributed by atoms with van der Waals surface area (Å²) >= 11 is 5.50. The molecule has 0 aromatic rings. The molecule has 96 valence electrons. The molecule has 3 nitrogen and oxygen atoms in total. The zero-order valence-corrected chi connectivity index (χ0v) is 11.1. The molecule has 0 fully saturated rings. The third kappa shape index (κ3) is 6.33. The predicted molar refractivity (Wildman–Crippen MR) is 66.1 cm³/mol. The van der Waals surface area contributed by atoms with Crippen molar-refractivity contribution in [1.29, 1.82) is 0 Å². The Balaban J connectivity index is 3.88. The maximum absolute atomic E-state index is 11.1. The first kappa shape index (κ1) is 15.7. The standard InChI is InChI=1S/C12H23ClO3/c1-3-4-5-6-7-8-12(2,11(14)15)16-10-9-13/h3-10H2,1-2H3,(H,14,15). The number of carboxylic acid groups (broad SMARTS) is 1. The monoisotopic (exact) mass is 250 g/mol. The number of ether oxygens (including phenoxy) is 1. The maximum atomic E-state index is 11.1. The zero-order valence-electron chi connectivity index (χ0n) is 10.3. The Morgan fingerprint density at radius 3 is 2.44 bits per heavy atom. The van der Waals surface area contributed by atoms with E-state index >= 15 is 0 Å². The molecule has 0 aliphatic rings. The Morgan fingerprint density at radius 1 is 1.31 bits per heavy atom. The van der Waals surface area contributed by atoms with E-state index in [4.69, 9.17) is 21.4 Å². The van der Waals surface area contributed by atoms with E-state index in [0.717, 1.165) is 12.8 Å². The number of aliphatic carboxylic acids is 1. The minimum atomic E-state index is -1.07. The van der Waals surface area contributed by atoms with E-state index in [1.54, 1.807) is 6.92 Å². The second-order valence-corrected chi connectivity index (χ2v) is 4.62. The fourth-order valence-electron chi connectivity index (χ4n) is 1.57. The van der Waals surface area contributed by atoms with Crippen molar-refractivity contribution in [2.75, 3.05) is 12.5 Å². The molecule has 0 aromatic carbocycles. The van der Waals surface area contributed by atoms with Crippen LogP contribution in [0, 0.1) is 0 Å². The van der Waals surface area contributed by atoms with Gasteiger partial charge in [0.05, 0.1) is 6.61 Å². The van der Waals surface area contributed by atoms with E-state index in [2.05, 4.69) is 6.92 Å². The first-order valence-electron chi connectivity index (χ1n) is 6.00. The fourth-order valence-corrected chi connectivity index (χ4v) is 1.65. The molecule has 0 rings (SSSR count). The number of rotatable bonds is 10. The second-order valence-electron chi connectivity index (χ2n) is 4.24. The lowest BCUT2D eigenvalue weighted by Crippen LogP contribution is -2.38. The highest BCUT2D eigenvalue weighted by Gasteiger charge is 2.33. The first-order chi connectivity index (χ1) is 7.56. The Morgan fingerprint density at radius 2 is 1.94 bits per heavy atom. The van der Waals surface area contributed by atoms with Gasteiger partial charge >= 0.3 is 5.97 Å². The lowest BCUT2D eigenvalue weighted by atomic mass is 9.97. The largest absolute Gasteiger partial charge is 0.479 e. The maximum Gasteiger partial charge on any atom is 0.335 e. The number of halogens is 1. The van der Waals surface area contributed by atoms with E-state index in [1.165, 1.54) is 19.3 Å². The molecule has 0 aliphatic carbocycles. The Labute approximate surface area is 103 Å². The topological polar surface area (TPSA) is 46.5 Å². The van der Waals surface area contributed by atoms with Crippen LogP contribution in [0.1, 0.15) is 52.4 Å². The van der Waals surface area contributed by atoms with E-state index in [0.29, 0.717) is 18.9 Å². The van der Waals surface area contributed by atoms with Crippen molar-refractivity contribution >= 4 is 17.6 Å². The molecule has 16 heavy (non-hydrogen) atoms. The van der Waals surface area contributed by atoms with Gasteiger partial charge in [-0.2, -0.15) is 0 Å². The smallest absolute Gasteiger partial charge is 0.335 e. The molecular weight excluding hydrogens is 228 g/mol. The average Bonchev–Trinajstić information content (AvgIpc) is 2.26. The summed E-state index contributed by atoms with van der Waals surface area (Å²) in [5, 5.41) is 9.09. The van der Waals surface area contributed by atoms with E-state index in [-0.39, 0.29) is 0 Å². The molecule has 0 saturated heterocycles. The summed E-state index contributed by atoms with van der Waals surface area (Å²) in [7, 11) is 0. The zero-order chi connectivity index (χ0) is 12.4. The normalized spacial score (nSPS) is 14.7. The van der Waals surface area contributed by atoms with Crippen LogP contribution < -0.4 is 0 Å².